The predicted molar refractivity (Wildman–Crippen MR) is 78.9 cm³/mol. The molecule has 0 aromatic heterocycles. The standard InChI is InChI=1S/C13H19FN2O2S.ClH/c14-11-4-3-6-13(10-11)19(17,18)16-9-2-1-5-12(16)7-8-15;/h3-4,6,10,12H,1-2,5,7-9,15H2;1H. The highest BCUT2D eigenvalue weighted by molar-refractivity contribution is 7.89. The van der Waals surface area contributed by atoms with Crippen LogP contribution in [0.5, 0.6) is 0 Å². The van der Waals surface area contributed by atoms with Gasteiger partial charge in [-0.3, -0.25) is 0 Å². The maximum absolute atomic E-state index is 13.2. The quantitative estimate of drug-likeness (QED) is 0.923. The molecule has 4 nitrogen and oxygen atoms in total. The Morgan fingerprint density at radius 2 is 2.10 bits per heavy atom. The molecule has 2 rings (SSSR count). The second-order valence-electron chi connectivity index (χ2n) is 4.80. The fourth-order valence-corrected chi connectivity index (χ4v) is 4.29. The molecule has 1 heterocycles. The molecule has 0 spiro atoms. The molecule has 1 aromatic carbocycles. The van der Waals surface area contributed by atoms with Crippen LogP contribution in [0.15, 0.2) is 29.2 Å². The summed E-state index contributed by atoms with van der Waals surface area (Å²) in [6, 6.07) is 5.11. The summed E-state index contributed by atoms with van der Waals surface area (Å²) >= 11 is 0. The third-order valence-electron chi connectivity index (χ3n) is 3.48. The number of nitrogens with zero attached hydrogens (tertiary/aromatic N) is 1. The van der Waals surface area contributed by atoms with Crippen LogP contribution in [-0.2, 0) is 10.0 Å². The lowest BCUT2D eigenvalue weighted by atomic mass is 10.0. The first-order valence-electron chi connectivity index (χ1n) is 6.53. The van der Waals surface area contributed by atoms with Crippen molar-refractivity contribution in [3.8, 4) is 0 Å². The molecule has 1 atom stereocenters. The van der Waals surface area contributed by atoms with Crippen molar-refractivity contribution in [2.45, 2.75) is 36.6 Å². The maximum Gasteiger partial charge on any atom is 0.243 e. The van der Waals surface area contributed by atoms with Crippen molar-refractivity contribution >= 4 is 22.4 Å². The van der Waals surface area contributed by atoms with E-state index in [2.05, 4.69) is 0 Å². The fourth-order valence-electron chi connectivity index (χ4n) is 2.53. The van der Waals surface area contributed by atoms with Gasteiger partial charge >= 0.3 is 0 Å². The molecule has 1 aromatic rings. The summed E-state index contributed by atoms with van der Waals surface area (Å²) < 4.78 is 39.8. The molecule has 20 heavy (non-hydrogen) atoms. The Morgan fingerprint density at radius 3 is 2.75 bits per heavy atom. The van der Waals surface area contributed by atoms with E-state index in [-0.39, 0.29) is 23.3 Å². The van der Waals surface area contributed by atoms with Crippen LogP contribution in [0.3, 0.4) is 0 Å². The van der Waals surface area contributed by atoms with Crippen molar-refractivity contribution in [1.82, 2.24) is 4.31 Å². The molecule has 7 heteroatoms. The van der Waals surface area contributed by atoms with E-state index in [4.69, 9.17) is 5.73 Å². The van der Waals surface area contributed by atoms with E-state index in [1.807, 2.05) is 0 Å². The van der Waals surface area contributed by atoms with Gasteiger partial charge in [0.1, 0.15) is 5.82 Å². The molecule has 0 radical (unpaired) electrons. The largest absolute Gasteiger partial charge is 0.330 e. The van der Waals surface area contributed by atoms with E-state index in [0.29, 0.717) is 19.5 Å². The molecular formula is C13H20ClFN2O2S. The molecule has 114 valence electrons. The van der Waals surface area contributed by atoms with Gasteiger partial charge in [0.25, 0.3) is 0 Å². The van der Waals surface area contributed by atoms with Crippen molar-refractivity contribution in [3.63, 3.8) is 0 Å². The average Bonchev–Trinajstić information content (AvgIpc) is 2.39. The second-order valence-corrected chi connectivity index (χ2v) is 6.69. The van der Waals surface area contributed by atoms with Gasteiger partial charge in [-0.25, -0.2) is 12.8 Å². The van der Waals surface area contributed by atoms with E-state index in [1.165, 1.54) is 22.5 Å². The zero-order valence-corrected chi connectivity index (χ0v) is 12.8. The lowest BCUT2D eigenvalue weighted by molar-refractivity contribution is 0.243. The van der Waals surface area contributed by atoms with Gasteiger partial charge < -0.3 is 5.73 Å². The molecule has 1 fully saturated rings. The highest BCUT2D eigenvalue weighted by atomic mass is 35.5. The van der Waals surface area contributed by atoms with E-state index < -0.39 is 15.8 Å². The van der Waals surface area contributed by atoms with Crippen molar-refractivity contribution in [1.29, 1.82) is 0 Å². The molecule has 1 unspecified atom stereocenters. The minimum absolute atomic E-state index is 0. The van der Waals surface area contributed by atoms with Crippen LogP contribution >= 0.6 is 12.4 Å². The number of benzene rings is 1. The molecule has 0 amide bonds. The molecular weight excluding hydrogens is 303 g/mol. The van der Waals surface area contributed by atoms with Gasteiger partial charge in [0.15, 0.2) is 0 Å². The minimum atomic E-state index is -3.62. The monoisotopic (exact) mass is 322 g/mol. The van der Waals surface area contributed by atoms with E-state index >= 15 is 0 Å². The Hall–Kier alpha value is -0.690. The van der Waals surface area contributed by atoms with Crippen LogP contribution in [0.4, 0.5) is 4.39 Å². The Balaban J connectivity index is 0.00000200. The average molecular weight is 323 g/mol. The van der Waals surface area contributed by atoms with Gasteiger partial charge in [0, 0.05) is 12.6 Å². The van der Waals surface area contributed by atoms with Crippen molar-refractivity contribution in [2.24, 2.45) is 5.73 Å². The molecule has 1 aliphatic rings. The summed E-state index contributed by atoms with van der Waals surface area (Å²) in [6.07, 6.45) is 3.33. The van der Waals surface area contributed by atoms with Crippen LogP contribution < -0.4 is 5.73 Å². The van der Waals surface area contributed by atoms with Crippen LogP contribution in [0.1, 0.15) is 25.7 Å². The van der Waals surface area contributed by atoms with E-state index in [1.54, 1.807) is 0 Å². The van der Waals surface area contributed by atoms with Crippen LogP contribution in [0.2, 0.25) is 0 Å². The summed E-state index contributed by atoms with van der Waals surface area (Å²) in [5.74, 6) is -0.534. The Labute approximate surface area is 125 Å². The SMILES string of the molecule is Cl.NCCC1CCCCN1S(=O)(=O)c1cccc(F)c1. The predicted octanol–water partition coefficient (Wildman–Crippen LogP) is 2.14. The number of rotatable bonds is 4. The number of nitrogens with two attached hydrogens (primary N) is 1. The van der Waals surface area contributed by atoms with Crippen LogP contribution in [0, 0.1) is 5.82 Å². The number of halogens is 2. The van der Waals surface area contributed by atoms with Gasteiger partial charge in [-0.2, -0.15) is 4.31 Å². The molecule has 2 N–H and O–H groups in total. The van der Waals surface area contributed by atoms with E-state index in [0.717, 1.165) is 25.3 Å². The first-order chi connectivity index (χ1) is 9.05. The second kappa shape index (κ2) is 7.36. The fraction of sp³-hybridized carbons (Fsp3) is 0.538. The van der Waals surface area contributed by atoms with Gasteiger partial charge in [0.05, 0.1) is 4.90 Å². The zero-order chi connectivity index (χ0) is 13.9. The molecule has 0 bridgehead atoms. The smallest absolute Gasteiger partial charge is 0.243 e. The minimum Gasteiger partial charge on any atom is -0.330 e. The first kappa shape index (κ1) is 17.4. The Kier molecular flexibility index (Phi) is 6.39. The van der Waals surface area contributed by atoms with Gasteiger partial charge in [-0.05, 0) is 44.0 Å². The van der Waals surface area contributed by atoms with Crippen LogP contribution in [-0.4, -0.2) is 31.9 Å². The first-order valence-corrected chi connectivity index (χ1v) is 7.97. The zero-order valence-electron chi connectivity index (χ0n) is 11.2. The van der Waals surface area contributed by atoms with Crippen LogP contribution in [0.25, 0.3) is 0 Å². The molecule has 1 aliphatic heterocycles. The number of piperidine rings is 1. The molecule has 0 saturated carbocycles. The molecule has 1 saturated heterocycles. The van der Waals surface area contributed by atoms with Gasteiger partial charge in [-0.15, -0.1) is 12.4 Å². The van der Waals surface area contributed by atoms with Crippen molar-refractivity contribution in [2.75, 3.05) is 13.1 Å². The summed E-state index contributed by atoms with van der Waals surface area (Å²) in [5, 5.41) is 0. The lowest BCUT2D eigenvalue weighted by Crippen LogP contribution is -2.44. The number of sulfonamides is 1. The highest BCUT2D eigenvalue weighted by Crippen LogP contribution is 2.27. The van der Waals surface area contributed by atoms with Crippen molar-refractivity contribution < 1.29 is 12.8 Å². The number of hydrogen-bond donors (Lipinski definition) is 1. The summed E-state index contributed by atoms with van der Waals surface area (Å²) in [4.78, 5) is 0.0245. The lowest BCUT2D eigenvalue weighted by Gasteiger charge is -2.34. The number of hydrogen-bond acceptors (Lipinski definition) is 3. The molecule has 0 aliphatic carbocycles. The summed E-state index contributed by atoms with van der Waals surface area (Å²) in [7, 11) is -3.62. The van der Waals surface area contributed by atoms with Gasteiger partial charge in [0.2, 0.25) is 10.0 Å². The van der Waals surface area contributed by atoms with Crippen molar-refractivity contribution in [3.05, 3.63) is 30.1 Å². The summed E-state index contributed by atoms with van der Waals surface area (Å²) in [6.45, 7) is 0.948. The van der Waals surface area contributed by atoms with E-state index in [9.17, 15) is 12.8 Å². The maximum atomic E-state index is 13.2. The third-order valence-corrected chi connectivity index (χ3v) is 5.42. The topological polar surface area (TPSA) is 63.4 Å². The normalized spacial score (nSPS) is 20.4. The Morgan fingerprint density at radius 1 is 1.35 bits per heavy atom. The van der Waals surface area contributed by atoms with Gasteiger partial charge in [-0.1, -0.05) is 12.5 Å². The highest BCUT2D eigenvalue weighted by Gasteiger charge is 2.32. The third kappa shape index (κ3) is 3.69. The Bertz CT molecular complexity index is 537. The summed E-state index contributed by atoms with van der Waals surface area (Å²) in [5.41, 5.74) is 5.55.